The highest BCUT2D eigenvalue weighted by Gasteiger charge is 2.00. The lowest BCUT2D eigenvalue weighted by atomic mass is 10.1. The maximum atomic E-state index is 5.80. The average molecular weight is 259 g/mol. The molecule has 0 aromatic heterocycles. The van der Waals surface area contributed by atoms with E-state index in [0.717, 1.165) is 30.2 Å². The molecule has 0 saturated heterocycles. The molecule has 90 valence electrons. The minimum atomic E-state index is 0.671. The Morgan fingerprint density at radius 3 is 2.56 bits per heavy atom. The normalized spacial score (nSPS) is 12.7. The largest absolute Gasteiger partial charge is 0.377 e. The molecule has 1 aromatic rings. The lowest BCUT2D eigenvalue weighted by Crippen LogP contribution is -2.02. The summed E-state index contributed by atoms with van der Waals surface area (Å²) in [4.78, 5) is 0. The Bertz CT molecular complexity index is 286. The van der Waals surface area contributed by atoms with E-state index in [-0.39, 0.29) is 0 Å². The van der Waals surface area contributed by atoms with Gasteiger partial charge in [0.2, 0.25) is 0 Å². The topological polar surface area (TPSA) is 9.23 Å². The van der Waals surface area contributed by atoms with Gasteiger partial charge in [-0.15, -0.1) is 0 Å². The van der Waals surface area contributed by atoms with Crippen LogP contribution in [0.1, 0.15) is 25.3 Å². The Balaban J connectivity index is 2.13. The molecule has 1 nitrogen and oxygen atoms in total. The number of benzene rings is 1. The first kappa shape index (κ1) is 13.9. The molecule has 1 unspecified atom stereocenters. The van der Waals surface area contributed by atoms with E-state index in [1.54, 1.807) is 0 Å². The van der Waals surface area contributed by atoms with Crippen molar-refractivity contribution in [3.05, 3.63) is 34.9 Å². The molecule has 0 fully saturated rings. The van der Waals surface area contributed by atoms with E-state index in [2.05, 4.69) is 19.6 Å². The van der Waals surface area contributed by atoms with Crippen LogP contribution in [0.5, 0.6) is 0 Å². The van der Waals surface area contributed by atoms with Crippen LogP contribution in [-0.2, 0) is 11.3 Å². The zero-order valence-electron chi connectivity index (χ0n) is 9.66. The maximum absolute atomic E-state index is 5.80. The fourth-order valence-electron chi connectivity index (χ4n) is 1.42. The minimum Gasteiger partial charge on any atom is -0.377 e. The Kier molecular flexibility index (Phi) is 6.93. The number of hydrogen-bond acceptors (Lipinski definition) is 2. The van der Waals surface area contributed by atoms with Crippen molar-refractivity contribution >= 4 is 24.2 Å². The molecular weight excluding hydrogens is 240 g/mol. The molecule has 0 radical (unpaired) electrons. The first-order valence-electron chi connectivity index (χ1n) is 5.65. The van der Waals surface area contributed by atoms with Gasteiger partial charge in [-0.2, -0.15) is 12.6 Å². The molecule has 1 aromatic carbocycles. The molecule has 0 N–H and O–H groups in total. The van der Waals surface area contributed by atoms with E-state index in [9.17, 15) is 0 Å². The second kappa shape index (κ2) is 7.99. The Morgan fingerprint density at radius 1 is 1.25 bits per heavy atom. The zero-order chi connectivity index (χ0) is 11.8. The number of hydrogen-bond donors (Lipinski definition) is 1. The Hall–Kier alpha value is -0.180. The summed E-state index contributed by atoms with van der Waals surface area (Å²) < 4.78 is 5.61. The SMILES string of the molecule is CC(CCS)CCOCc1ccc(Cl)cc1. The highest BCUT2D eigenvalue weighted by Crippen LogP contribution is 2.12. The maximum Gasteiger partial charge on any atom is 0.0716 e. The predicted octanol–water partition coefficient (Wildman–Crippen LogP) is 4.20. The first-order chi connectivity index (χ1) is 7.72. The quantitative estimate of drug-likeness (QED) is 0.570. The lowest BCUT2D eigenvalue weighted by Gasteiger charge is -2.10. The first-order valence-corrected chi connectivity index (χ1v) is 6.66. The number of thiol groups is 1. The fraction of sp³-hybridized carbons (Fsp3) is 0.538. The monoisotopic (exact) mass is 258 g/mol. The Morgan fingerprint density at radius 2 is 1.94 bits per heavy atom. The van der Waals surface area contributed by atoms with E-state index in [1.165, 1.54) is 5.56 Å². The Labute approximate surface area is 109 Å². The molecule has 16 heavy (non-hydrogen) atoms. The molecule has 0 aliphatic heterocycles. The molecule has 0 aliphatic rings. The van der Waals surface area contributed by atoms with Gasteiger partial charge in [-0.3, -0.25) is 0 Å². The summed E-state index contributed by atoms with van der Waals surface area (Å²) in [5, 5.41) is 0.770. The summed E-state index contributed by atoms with van der Waals surface area (Å²) in [5.74, 6) is 1.65. The molecule has 0 amide bonds. The van der Waals surface area contributed by atoms with Gasteiger partial charge >= 0.3 is 0 Å². The zero-order valence-corrected chi connectivity index (χ0v) is 11.3. The van der Waals surface area contributed by atoms with Gasteiger partial charge in [0, 0.05) is 11.6 Å². The highest BCUT2D eigenvalue weighted by atomic mass is 35.5. The summed E-state index contributed by atoms with van der Waals surface area (Å²) in [6.45, 7) is 3.73. The second-order valence-corrected chi connectivity index (χ2v) is 4.97. The predicted molar refractivity (Wildman–Crippen MR) is 73.4 cm³/mol. The van der Waals surface area contributed by atoms with E-state index in [4.69, 9.17) is 16.3 Å². The molecule has 0 bridgehead atoms. The van der Waals surface area contributed by atoms with Crippen LogP contribution in [0.3, 0.4) is 0 Å². The number of rotatable bonds is 7. The van der Waals surface area contributed by atoms with Gasteiger partial charge in [0.1, 0.15) is 0 Å². The van der Waals surface area contributed by atoms with Gasteiger partial charge in [-0.05, 0) is 42.2 Å². The van der Waals surface area contributed by atoms with Crippen LogP contribution in [0.2, 0.25) is 5.02 Å². The van der Waals surface area contributed by atoms with Crippen molar-refractivity contribution in [1.82, 2.24) is 0 Å². The van der Waals surface area contributed by atoms with Crippen LogP contribution in [-0.4, -0.2) is 12.4 Å². The van der Waals surface area contributed by atoms with Crippen LogP contribution >= 0.6 is 24.2 Å². The number of ether oxygens (including phenoxy) is 1. The third-order valence-corrected chi connectivity index (χ3v) is 3.07. The minimum absolute atomic E-state index is 0.671. The summed E-state index contributed by atoms with van der Waals surface area (Å²) in [5.41, 5.74) is 1.17. The van der Waals surface area contributed by atoms with E-state index >= 15 is 0 Å². The van der Waals surface area contributed by atoms with Gasteiger partial charge in [-0.1, -0.05) is 30.7 Å². The van der Waals surface area contributed by atoms with E-state index in [1.807, 2.05) is 24.3 Å². The van der Waals surface area contributed by atoms with Crippen LogP contribution in [0.4, 0.5) is 0 Å². The van der Waals surface area contributed by atoms with Crippen molar-refractivity contribution in [3.63, 3.8) is 0 Å². The van der Waals surface area contributed by atoms with Crippen molar-refractivity contribution in [2.24, 2.45) is 5.92 Å². The van der Waals surface area contributed by atoms with E-state index in [0.29, 0.717) is 12.5 Å². The van der Waals surface area contributed by atoms with Crippen molar-refractivity contribution < 1.29 is 4.74 Å². The average Bonchev–Trinajstić information content (AvgIpc) is 2.27. The van der Waals surface area contributed by atoms with Gasteiger partial charge in [0.05, 0.1) is 6.61 Å². The third-order valence-electron chi connectivity index (χ3n) is 2.56. The van der Waals surface area contributed by atoms with Crippen molar-refractivity contribution in [2.45, 2.75) is 26.4 Å². The van der Waals surface area contributed by atoms with Crippen molar-refractivity contribution in [2.75, 3.05) is 12.4 Å². The summed E-state index contributed by atoms with van der Waals surface area (Å²) in [6.07, 6.45) is 2.27. The molecule has 1 rings (SSSR count). The van der Waals surface area contributed by atoms with Gasteiger partial charge in [-0.25, -0.2) is 0 Å². The van der Waals surface area contributed by atoms with Crippen molar-refractivity contribution in [1.29, 1.82) is 0 Å². The molecular formula is C13H19ClOS. The van der Waals surface area contributed by atoms with Crippen LogP contribution in [0.15, 0.2) is 24.3 Å². The van der Waals surface area contributed by atoms with E-state index < -0.39 is 0 Å². The second-order valence-electron chi connectivity index (χ2n) is 4.09. The fourth-order valence-corrected chi connectivity index (χ4v) is 1.99. The van der Waals surface area contributed by atoms with Crippen LogP contribution in [0.25, 0.3) is 0 Å². The standard InChI is InChI=1S/C13H19ClOS/c1-11(7-9-16)6-8-15-10-12-2-4-13(14)5-3-12/h2-5,11,16H,6-10H2,1H3. The van der Waals surface area contributed by atoms with Gasteiger partial charge in [0.25, 0.3) is 0 Å². The molecule has 1 atom stereocenters. The summed E-state index contributed by atoms with van der Waals surface area (Å²) in [6, 6.07) is 7.78. The van der Waals surface area contributed by atoms with Crippen LogP contribution < -0.4 is 0 Å². The molecule has 0 aliphatic carbocycles. The number of halogens is 1. The molecule has 3 heteroatoms. The van der Waals surface area contributed by atoms with Crippen LogP contribution in [0, 0.1) is 5.92 Å². The van der Waals surface area contributed by atoms with Crippen molar-refractivity contribution in [3.8, 4) is 0 Å². The van der Waals surface area contributed by atoms with Gasteiger partial charge in [0.15, 0.2) is 0 Å². The summed E-state index contributed by atoms with van der Waals surface area (Å²) in [7, 11) is 0. The lowest BCUT2D eigenvalue weighted by molar-refractivity contribution is 0.109. The molecule has 0 spiro atoms. The smallest absolute Gasteiger partial charge is 0.0716 e. The highest BCUT2D eigenvalue weighted by molar-refractivity contribution is 7.80. The van der Waals surface area contributed by atoms with Gasteiger partial charge < -0.3 is 4.74 Å². The third kappa shape index (κ3) is 5.78. The molecule has 0 heterocycles. The summed E-state index contributed by atoms with van der Waals surface area (Å²) >= 11 is 10.0. The molecule has 0 saturated carbocycles.